The van der Waals surface area contributed by atoms with E-state index in [4.69, 9.17) is 4.74 Å². The molecule has 0 saturated carbocycles. The molecule has 0 spiro atoms. The lowest BCUT2D eigenvalue weighted by Gasteiger charge is -2.23. The van der Waals surface area contributed by atoms with E-state index < -0.39 is 0 Å². The van der Waals surface area contributed by atoms with Gasteiger partial charge in [-0.25, -0.2) is 0 Å². The van der Waals surface area contributed by atoms with Crippen molar-refractivity contribution in [1.82, 2.24) is 10.2 Å². The van der Waals surface area contributed by atoms with Gasteiger partial charge in [-0.05, 0) is 44.9 Å². The monoisotopic (exact) mass is 318 g/mol. The van der Waals surface area contributed by atoms with Gasteiger partial charge in [0.25, 0.3) is 5.91 Å². The Morgan fingerprint density at radius 2 is 2.13 bits per heavy atom. The molecular formula is C17H22N2O4. The average molecular weight is 318 g/mol. The van der Waals surface area contributed by atoms with Crippen LogP contribution in [0.5, 0.6) is 5.75 Å². The third-order valence-corrected chi connectivity index (χ3v) is 3.83. The number of hydrogen-bond donors (Lipinski definition) is 1. The Hall–Kier alpha value is -2.37. The molecule has 1 aliphatic heterocycles. The molecule has 0 aliphatic carbocycles. The van der Waals surface area contributed by atoms with Crippen LogP contribution in [0.4, 0.5) is 0 Å². The number of benzene rings is 1. The third-order valence-electron chi connectivity index (χ3n) is 3.83. The van der Waals surface area contributed by atoms with Crippen LogP contribution in [0.2, 0.25) is 0 Å². The molecule has 6 heteroatoms. The maximum absolute atomic E-state index is 12.6. The van der Waals surface area contributed by atoms with Gasteiger partial charge in [-0.15, -0.1) is 0 Å². The molecule has 1 aromatic rings. The fourth-order valence-electron chi connectivity index (χ4n) is 2.64. The van der Waals surface area contributed by atoms with Crippen molar-refractivity contribution in [1.29, 1.82) is 0 Å². The van der Waals surface area contributed by atoms with E-state index in [0.717, 1.165) is 5.56 Å². The largest absolute Gasteiger partial charge is 0.491 e. The van der Waals surface area contributed by atoms with Crippen molar-refractivity contribution in [3.05, 3.63) is 29.3 Å². The molecule has 1 heterocycles. The van der Waals surface area contributed by atoms with E-state index in [9.17, 15) is 14.4 Å². The van der Waals surface area contributed by atoms with Gasteiger partial charge in [-0.3, -0.25) is 19.7 Å². The Balaban J connectivity index is 2.02. The Bertz CT molecular complexity index is 613. The maximum atomic E-state index is 12.6. The summed E-state index contributed by atoms with van der Waals surface area (Å²) in [5, 5.41) is 2.11. The molecule has 0 fully saturated rings. The first-order valence-corrected chi connectivity index (χ1v) is 7.76. The minimum Gasteiger partial charge on any atom is -0.491 e. The fraction of sp³-hybridized carbons (Fsp3) is 0.471. The normalized spacial score (nSPS) is 14.6. The van der Waals surface area contributed by atoms with Crippen LogP contribution in [0, 0.1) is 0 Å². The molecular weight excluding hydrogens is 296 g/mol. The zero-order chi connectivity index (χ0) is 17.0. The second kappa shape index (κ2) is 7.26. The molecule has 1 N–H and O–H groups in total. The minimum absolute atomic E-state index is 0.0440. The van der Waals surface area contributed by atoms with Crippen LogP contribution in [0.1, 0.15) is 49.5 Å². The quantitative estimate of drug-likeness (QED) is 0.779. The van der Waals surface area contributed by atoms with E-state index in [0.29, 0.717) is 30.7 Å². The van der Waals surface area contributed by atoms with Gasteiger partial charge in [0.15, 0.2) is 0 Å². The van der Waals surface area contributed by atoms with Gasteiger partial charge in [0.05, 0.1) is 6.10 Å². The van der Waals surface area contributed by atoms with E-state index in [2.05, 4.69) is 5.32 Å². The highest BCUT2D eigenvalue weighted by atomic mass is 16.5. The summed E-state index contributed by atoms with van der Waals surface area (Å²) in [5.41, 5.74) is 1.63. The zero-order valence-corrected chi connectivity index (χ0v) is 13.7. The fourth-order valence-corrected chi connectivity index (χ4v) is 2.64. The summed E-state index contributed by atoms with van der Waals surface area (Å²) in [6, 6.07) is 5.49. The molecule has 124 valence electrons. The lowest BCUT2D eigenvalue weighted by atomic mass is 10.1. The molecule has 0 radical (unpaired) electrons. The Morgan fingerprint density at radius 1 is 1.39 bits per heavy atom. The van der Waals surface area contributed by atoms with E-state index >= 15 is 0 Å². The number of carbonyl (C=O) groups excluding carboxylic acids is 3. The van der Waals surface area contributed by atoms with Crippen LogP contribution in [-0.2, 0) is 16.1 Å². The second-order valence-electron chi connectivity index (χ2n) is 5.99. The number of imide groups is 1. The molecule has 1 unspecified atom stereocenters. The first kappa shape index (κ1) is 17.0. The summed E-state index contributed by atoms with van der Waals surface area (Å²) in [7, 11) is 0. The van der Waals surface area contributed by atoms with Gasteiger partial charge in [0, 0.05) is 24.6 Å². The second-order valence-corrected chi connectivity index (χ2v) is 5.99. The Kier molecular flexibility index (Phi) is 5.36. The average Bonchev–Trinajstić information content (AvgIpc) is 2.82. The van der Waals surface area contributed by atoms with Gasteiger partial charge >= 0.3 is 0 Å². The standard InChI is InChI=1S/C17H22N2O4/c1-11(2)23-14-6-5-13-9-19(17(22)15(13)8-14)12(3)4-7-16(21)18-10-20/h5-6,8,10-12H,4,7,9H2,1-3H3,(H,18,20,21). The number of amides is 3. The highest BCUT2D eigenvalue weighted by Gasteiger charge is 2.31. The van der Waals surface area contributed by atoms with Crippen LogP contribution >= 0.6 is 0 Å². The van der Waals surface area contributed by atoms with Crippen molar-refractivity contribution in [2.75, 3.05) is 0 Å². The number of carbonyl (C=O) groups is 3. The van der Waals surface area contributed by atoms with Crippen LogP contribution in [0.25, 0.3) is 0 Å². The number of nitrogens with zero attached hydrogens (tertiary/aromatic N) is 1. The molecule has 3 amide bonds. The topological polar surface area (TPSA) is 75.7 Å². The van der Waals surface area contributed by atoms with Crippen LogP contribution in [0.3, 0.4) is 0 Å². The number of nitrogens with one attached hydrogen (secondary N) is 1. The third kappa shape index (κ3) is 4.09. The zero-order valence-electron chi connectivity index (χ0n) is 13.7. The molecule has 0 saturated heterocycles. The molecule has 1 aromatic carbocycles. The molecule has 23 heavy (non-hydrogen) atoms. The summed E-state index contributed by atoms with van der Waals surface area (Å²) >= 11 is 0. The summed E-state index contributed by atoms with van der Waals surface area (Å²) in [6.07, 6.45) is 1.15. The van der Waals surface area contributed by atoms with Crippen molar-refractivity contribution in [2.45, 2.75) is 52.3 Å². The number of fused-ring (bicyclic) bond motifs is 1. The molecule has 2 rings (SSSR count). The summed E-state index contributed by atoms with van der Waals surface area (Å²) in [4.78, 5) is 35.9. The van der Waals surface area contributed by atoms with Crippen molar-refractivity contribution < 1.29 is 19.1 Å². The lowest BCUT2D eigenvalue weighted by molar-refractivity contribution is -0.125. The molecule has 0 bridgehead atoms. The summed E-state index contributed by atoms with van der Waals surface area (Å²) in [5.74, 6) is 0.313. The van der Waals surface area contributed by atoms with E-state index in [1.165, 1.54) is 0 Å². The lowest BCUT2D eigenvalue weighted by Crippen LogP contribution is -2.34. The van der Waals surface area contributed by atoms with Crippen molar-refractivity contribution >= 4 is 18.2 Å². The predicted octanol–water partition coefficient (Wildman–Crippen LogP) is 1.87. The van der Waals surface area contributed by atoms with Gasteiger partial charge < -0.3 is 9.64 Å². The van der Waals surface area contributed by atoms with Gasteiger partial charge in [-0.1, -0.05) is 6.07 Å². The molecule has 6 nitrogen and oxygen atoms in total. The Morgan fingerprint density at radius 3 is 2.78 bits per heavy atom. The summed E-state index contributed by atoms with van der Waals surface area (Å²) in [6.45, 7) is 6.32. The molecule has 1 aliphatic rings. The first-order chi connectivity index (χ1) is 10.9. The van der Waals surface area contributed by atoms with Gasteiger partial charge in [-0.2, -0.15) is 0 Å². The smallest absolute Gasteiger partial charge is 0.254 e. The van der Waals surface area contributed by atoms with E-state index in [-0.39, 0.29) is 30.4 Å². The van der Waals surface area contributed by atoms with Gasteiger partial charge in [0.2, 0.25) is 12.3 Å². The first-order valence-electron chi connectivity index (χ1n) is 7.76. The number of rotatable bonds is 7. The van der Waals surface area contributed by atoms with Crippen molar-refractivity contribution in [3.63, 3.8) is 0 Å². The highest BCUT2D eigenvalue weighted by molar-refractivity contribution is 5.99. The number of hydrogen-bond acceptors (Lipinski definition) is 4. The number of ether oxygens (including phenoxy) is 1. The van der Waals surface area contributed by atoms with Crippen LogP contribution in [-0.4, -0.2) is 35.3 Å². The van der Waals surface area contributed by atoms with Crippen LogP contribution in [0.15, 0.2) is 18.2 Å². The van der Waals surface area contributed by atoms with E-state index in [1.54, 1.807) is 11.0 Å². The van der Waals surface area contributed by atoms with Crippen molar-refractivity contribution in [3.8, 4) is 5.75 Å². The van der Waals surface area contributed by atoms with Crippen LogP contribution < -0.4 is 10.1 Å². The SMILES string of the molecule is CC(C)Oc1ccc2c(c1)C(=O)N(C(C)CCC(=O)NC=O)C2. The predicted molar refractivity (Wildman–Crippen MR) is 85.0 cm³/mol. The highest BCUT2D eigenvalue weighted by Crippen LogP contribution is 2.29. The Labute approximate surface area is 135 Å². The molecule has 1 atom stereocenters. The van der Waals surface area contributed by atoms with Crippen molar-refractivity contribution in [2.24, 2.45) is 0 Å². The molecule has 0 aromatic heterocycles. The van der Waals surface area contributed by atoms with Gasteiger partial charge in [0.1, 0.15) is 5.75 Å². The van der Waals surface area contributed by atoms with E-state index in [1.807, 2.05) is 32.9 Å². The minimum atomic E-state index is -0.330. The maximum Gasteiger partial charge on any atom is 0.254 e. The summed E-state index contributed by atoms with van der Waals surface area (Å²) < 4.78 is 5.63.